The van der Waals surface area contributed by atoms with Crippen LogP contribution in [0.3, 0.4) is 0 Å². The molecule has 0 saturated heterocycles. The van der Waals surface area contributed by atoms with E-state index in [1.165, 1.54) is 13.2 Å². The Morgan fingerprint density at radius 1 is 0.900 bits per heavy atom. The van der Waals surface area contributed by atoms with Crippen molar-refractivity contribution in [1.82, 2.24) is 0 Å². The molecule has 0 amide bonds. The maximum Gasteiger partial charge on any atom is 0.318 e. The summed E-state index contributed by atoms with van der Waals surface area (Å²) >= 11 is 2.21. The van der Waals surface area contributed by atoms with E-state index in [1.807, 2.05) is 24.3 Å². The Balaban J connectivity index is 1.88. The van der Waals surface area contributed by atoms with E-state index in [2.05, 4.69) is 27.6 Å². The minimum absolute atomic E-state index is 0.135. The zero-order valence-electron chi connectivity index (χ0n) is 15.5. The molecule has 0 fully saturated rings. The van der Waals surface area contributed by atoms with Crippen molar-refractivity contribution in [2.45, 2.75) is 0 Å². The highest BCUT2D eigenvalue weighted by atomic mass is 127. The summed E-state index contributed by atoms with van der Waals surface area (Å²) in [4.78, 5) is 25.1. The molecule has 9 nitrogen and oxygen atoms in total. The standard InChI is InChI=1S/C20H14IN3O6/c1-29-20-10-13(12-22-15-5-3-14(21)4-6-15)2-8-19(20)30-18-9-7-16(23(25)26)11-17(18)24(27)28/h2-12H,1H3. The van der Waals surface area contributed by atoms with E-state index in [4.69, 9.17) is 9.47 Å². The fourth-order valence-corrected chi connectivity index (χ4v) is 2.85. The number of nitro groups is 2. The summed E-state index contributed by atoms with van der Waals surface area (Å²) in [5.74, 6) is 0.416. The van der Waals surface area contributed by atoms with Gasteiger partial charge in [-0.15, -0.1) is 0 Å². The van der Waals surface area contributed by atoms with Crippen LogP contribution in [0.25, 0.3) is 0 Å². The van der Waals surface area contributed by atoms with Gasteiger partial charge in [-0.2, -0.15) is 0 Å². The van der Waals surface area contributed by atoms with Crippen LogP contribution in [-0.4, -0.2) is 23.2 Å². The van der Waals surface area contributed by atoms with E-state index in [0.717, 1.165) is 27.0 Å². The molecule has 0 saturated carbocycles. The first-order valence-electron chi connectivity index (χ1n) is 8.46. The smallest absolute Gasteiger partial charge is 0.318 e. The summed E-state index contributed by atoms with van der Waals surface area (Å²) in [6.45, 7) is 0. The number of rotatable bonds is 7. The van der Waals surface area contributed by atoms with Crippen LogP contribution < -0.4 is 9.47 Å². The van der Waals surface area contributed by atoms with E-state index < -0.39 is 21.2 Å². The molecule has 0 aliphatic rings. The van der Waals surface area contributed by atoms with Gasteiger partial charge in [0.1, 0.15) is 0 Å². The fourth-order valence-electron chi connectivity index (χ4n) is 2.49. The lowest BCUT2D eigenvalue weighted by Crippen LogP contribution is -1.97. The summed E-state index contributed by atoms with van der Waals surface area (Å²) < 4.78 is 12.1. The third-order valence-corrected chi connectivity index (χ3v) is 4.67. The molecule has 0 spiro atoms. The average Bonchev–Trinajstić information content (AvgIpc) is 2.74. The topological polar surface area (TPSA) is 117 Å². The highest BCUT2D eigenvalue weighted by Crippen LogP contribution is 2.38. The number of nitro benzene ring substituents is 2. The molecule has 3 rings (SSSR count). The van der Waals surface area contributed by atoms with Gasteiger partial charge in [0, 0.05) is 15.9 Å². The molecule has 0 heterocycles. The molecule has 0 aliphatic carbocycles. The van der Waals surface area contributed by atoms with Crippen molar-refractivity contribution in [2.24, 2.45) is 4.99 Å². The number of ether oxygens (including phenoxy) is 2. The van der Waals surface area contributed by atoms with Crippen molar-refractivity contribution < 1.29 is 19.3 Å². The van der Waals surface area contributed by atoms with Crippen molar-refractivity contribution >= 4 is 45.9 Å². The fraction of sp³-hybridized carbons (Fsp3) is 0.0500. The summed E-state index contributed by atoms with van der Waals surface area (Å²) in [7, 11) is 1.44. The largest absolute Gasteiger partial charge is 0.493 e. The van der Waals surface area contributed by atoms with Gasteiger partial charge in [0.2, 0.25) is 5.75 Å². The molecular weight excluding hydrogens is 505 g/mol. The Morgan fingerprint density at radius 2 is 1.60 bits per heavy atom. The number of halogens is 1. The Morgan fingerprint density at radius 3 is 2.23 bits per heavy atom. The summed E-state index contributed by atoms with van der Waals surface area (Å²) in [6, 6.07) is 15.8. The number of benzene rings is 3. The number of aliphatic imine (C=N–C) groups is 1. The van der Waals surface area contributed by atoms with Crippen molar-refractivity contribution in [1.29, 1.82) is 0 Å². The molecule has 0 bridgehead atoms. The average molecular weight is 519 g/mol. The molecule has 10 heteroatoms. The van der Waals surface area contributed by atoms with Crippen molar-refractivity contribution in [3.05, 3.63) is 90.0 Å². The predicted octanol–water partition coefficient (Wildman–Crippen LogP) is 5.66. The maximum absolute atomic E-state index is 11.3. The Kier molecular flexibility index (Phi) is 6.57. The first kappa shape index (κ1) is 21.2. The lowest BCUT2D eigenvalue weighted by atomic mass is 10.2. The Bertz CT molecular complexity index is 1130. The summed E-state index contributed by atoms with van der Waals surface area (Å²) in [5.41, 5.74) is 0.603. The molecule has 0 aliphatic heterocycles. The van der Waals surface area contributed by atoms with Crippen molar-refractivity contribution in [3.63, 3.8) is 0 Å². The number of hydrogen-bond acceptors (Lipinski definition) is 7. The van der Waals surface area contributed by atoms with E-state index in [-0.39, 0.29) is 11.5 Å². The lowest BCUT2D eigenvalue weighted by Gasteiger charge is -2.11. The zero-order valence-corrected chi connectivity index (χ0v) is 17.7. The molecule has 30 heavy (non-hydrogen) atoms. The third-order valence-electron chi connectivity index (χ3n) is 3.95. The van der Waals surface area contributed by atoms with Crippen LogP contribution in [0.1, 0.15) is 5.56 Å². The minimum Gasteiger partial charge on any atom is -0.493 e. The van der Waals surface area contributed by atoms with Crippen molar-refractivity contribution in [2.75, 3.05) is 7.11 Å². The Hall–Kier alpha value is -3.54. The predicted molar refractivity (Wildman–Crippen MR) is 119 cm³/mol. The molecule has 0 N–H and O–H groups in total. The second-order valence-corrected chi connectivity index (χ2v) is 7.16. The highest BCUT2D eigenvalue weighted by Gasteiger charge is 2.22. The van der Waals surface area contributed by atoms with Crippen LogP contribution in [0.4, 0.5) is 17.1 Å². The normalized spacial score (nSPS) is 10.7. The SMILES string of the molecule is COc1cc(C=Nc2ccc(I)cc2)ccc1Oc1ccc([N+](=O)[O-])cc1[N+](=O)[O-]. The molecule has 3 aromatic carbocycles. The zero-order chi connectivity index (χ0) is 21.7. The van der Waals surface area contributed by atoms with Gasteiger partial charge < -0.3 is 9.47 Å². The van der Waals surface area contributed by atoms with Gasteiger partial charge in [-0.05, 0) is 76.7 Å². The van der Waals surface area contributed by atoms with Crippen molar-refractivity contribution in [3.8, 4) is 17.2 Å². The number of non-ortho nitro benzene ring substituents is 1. The van der Waals surface area contributed by atoms with Crippen LogP contribution in [0.15, 0.2) is 65.7 Å². The molecule has 0 unspecified atom stereocenters. The van der Waals surface area contributed by atoms with Gasteiger partial charge in [0.25, 0.3) is 5.69 Å². The number of methoxy groups -OCH3 is 1. The molecule has 3 aromatic rings. The Labute approximate surface area is 184 Å². The highest BCUT2D eigenvalue weighted by molar-refractivity contribution is 14.1. The minimum atomic E-state index is -0.739. The number of hydrogen-bond donors (Lipinski definition) is 0. The number of nitrogens with zero attached hydrogens (tertiary/aromatic N) is 3. The van der Waals surface area contributed by atoms with Gasteiger partial charge in [-0.25, -0.2) is 0 Å². The van der Waals surface area contributed by atoms with Crippen LogP contribution in [0.2, 0.25) is 0 Å². The van der Waals surface area contributed by atoms with Gasteiger partial charge in [-0.1, -0.05) is 0 Å². The second kappa shape index (κ2) is 9.31. The van der Waals surface area contributed by atoms with E-state index in [9.17, 15) is 20.2 Å². The monoisotopic (exact) mass is 519 g/mol. The van der Waals surface area contributed by atoms with Crippen LogP contribution in [-0.2, 0) is 0 Å². The quantitative estimate of drug-likeness (QED) is 0.172. The maximum atomic E-state index is 11.3. The van der Waals surface area contributed by atoms with Gasteiger partial charge >= 0.3 is 5.69 Å². The molecular formula is C20H14IN3O6. The summed E-state index contributed by atoms with van der Waals surface area (Å²) in [6.07, 6.45) is 1.66. The third kappa shape index (κ3) is 5.08. The van der Waals surface area contributed by atoms with Gasteiger partial charge in [0.15, 0.2) is 11.5 Å². The second-order valence-electron chi connectivity index (χ2n) is 5.91. The van der Waals surface area contributed by atoms with E-state index >= 15 is 0 Å². The van der Waals surface area contributed by atoms with Crippen LogP contribution in [0, 0.1) is 23.8 Å². The summed E-state index contributed by atoms with van der Waals surface area (Å²) in [5, 5.41) is 22.2. The molecule has 0 atom stereocenters. The van der Waals surface area contributed by atoms with Gasteiger partial charge in [0.05, 0.1) is 28.7 Å². The van der Waals surface area contributed by atoms with E-state index in [1.54, 1.807) is 24.4 Å². The van der Waals surface area contributed by atoms with Crippen LogP contribution in [0.5, 0.6) is 17.2 Å². The van der Waals surface area contributed by atoms with Gasteiger partial charge in [-0.3, -0.25) is 25.2 Å². The lowest BCUT2D eigenvalue weighted by molar-refractivity contribution is -0.394. The first-order valence-corrected chi connectivity index (χ1v) is 9.53. The molecule has 0 aromatic heterocycles. The van der Waals surface area contributed by atoms with Crippen LogP contribution >= 0.6 is 22.6 Å². The molecule has 152 valence electrons. The molecule has 0 radical (unpaired) electrons. The first-order chi connectivity index (χ1) is 14.4. The van der Waals surface area contributed by atoms with E-state index in [0.29, 0.717) is 5.75 Å².